The van der Waals surface area contributed by atoms with Gasteiger partial charge in [0.1, 0.15) is 11.7 Å². The lowest BCUT2D eigenvalue weighted by atomic mass is 9.75. The van der Waals surface area contributed by atoms with E-state index in [2.05, 4.69) is 20.8 Å². The molecule has 3 rings (SSSR count). The van der Waals surface area contributed by atoms with Gasteiger partial charge in [0.25, 0.3) is 0 Å². The summed E-state index contributed by atoms with van der Waals surface area (Å²) in [7, 11) is 0. The van der Waals surface area contributed by atoms with Crippen molar-refractivity contribution in [3.63, 3.8) is 0 Å². The molecule has 2 aliphatic rings. The number of hydrogen-bond acceptors (Lipinski definition) is 4. The van der Waals surface area contributed by atoms with Gasteiger partial charge >= 0.3 is 5.97 Å². The average Bonchev–Trinajstić information content (AvgIpc) is 3.15. The predicted molar refractivity (Wildman–Crippen MR) is 120 cm³/mol. The van der Waals surface area contributed by atoms with Gasteiger partial charge in [-0.15, -0.1) is 0 Å². The summed E-state index contributed by atoms with van der Waals surface area (Å²) in [5, 5.41) is 11.1. The molecule has 0 spiro atoms. The monoisotopic (exact) mass is 414 g/mol. The second-order valence-electron chi connectivity index (χ2n) is 9.64. The van der Waals surface area contributed by atoms with Gasteiger partial charge < -0.3 is 14.6 Å². The summed E-state index contributed by atoms with van der Waals surface area (Å²) in [5.74, 6) is 1.01. The number of hydrogen-bond donors (Lipinski definition) is 1. The Morgan fingerprint density at radius 1 is 1.20 bits per heavy atom. The molecule has 166 valence electrons. The van der Waals surface area contributed by atoms with E-state index in [0.29, 0.717) is 30.6 Å². The molecule has 0 aromatic heterocycles. The van der Waals surface area contributed by atoms with Crippen LogP contribution >= 0.6 is 0 Å². The molecule has 1 N–H and O–H groups in total. The van der Waals surface area contributed by atoms with Crippen LogP contribution in [0.4, 0.5) is 0 Å². The number of rotatable bonds is 8. The quantitative estimate of drug-likeness (QED) is 0.579. The van der Waals surface area contributed by atoms with Crippen LogP contribution in [-0.2, 0) is 14.3 Å². The minimum Gasteiger partial charge on any atom is -0.460 e. The van der Waals surface area contributed by atoms with E-state index < -0.39 is 17.7 Å². The molecular formula is C26H38O4. The Hall–Kier alpha value is -1.65. The van der Waals surface area contributed by atoms with Crippen molar-refractivity contribution < 1.29 is 19.4 Å². The number of ether oxygens (including phenoxy) is 2. The van der Waals surface area contributed by atoms with Crippen molar-refractivity contribution in [3.8, 4) is 0 Å². The van der Waals surface area contributed by atoms with Gasteiger partial charge in [-0.1, -0.05) is 82.5 Å². The van der Waals surface area contributed by atoms with Gasteiger partial charge in [0.05, 0.1) is 6.61 Å². The van der Waals surface area contributed by atoms with Crippen LogP contribution in [-0.4, -0.2) is 35.5 Å². The van der Waals surface area contributed by atoms with Gasteiger partial charge in [0.2, 0.25) is 0 Å². The molecule has 2 aliphatic carbocycles. The van der Waals surface area contributed by atoms with Crippen LogP contribution in [0.25, 0.3) is 6.08 Å². The second kappa shape index (κ2) is 10.6. The highest BCUT2D eigenvalue weighted by Crippen LogP contribution is 2.38. The lowest BCUT2D eigenvalue weighted by Crippen LogP contribution is -2.49. The van der Waals surface area contributed by atoms with Crippen LogP contribution < -0.4 is 0 Å². The number of carbonyl (C=O) groups is 1. The molecular weight excluding hydrogens is 376 g/mol. The molecule has 1 aromatic rings. The van der Waals surface area contributed by atoms with Gasteiger partial charge in [-0.3, -0.25) is 0 Å². The Bertz CT molecular complexity index is 690. The van der Waals surface area contributed by atoms with E-state index in [0.717, 1.165) is 31.2 Å². The third kappa shape index (κ3) is 5.95. The first-order valence-corrected chi connectivity index (χ1v) is 11.6. The van der Waals surface area contributed by atoms with Crippen molar-refractivity contribution in [1.82, 2.24) is 0 Å². The molecule has 30 heavy (non-hydrogen) atoms. The van der Waals surface area contributed by atoms with Crippen LogP contribution in [0.3, 0.4) is 0 Å². The smallest absolute Gasteiger partial charge is 0.338 e. The van der Waals surface area contributed by atoms with Crippen molar-refractivity contribution in [3.05, 3.63) is 42.0 Å². The molecule has 0 aliphatic heterocycles. The molecule has 2 saturated carbocycles. The highest BCUT2D eigenvalue weighted by molar-refractivity contribution is 5.76. The summed E-state index contributed by atoms with van der Waals surface area (Å²) >= 11 is 0. The van der Waals surface area contributed by atoms with Crippen molar-refractivity contribution in [2.24, 2.45) is 17.8 Å². The topological polar surface area (TPSA) is 55.8 Å². The SMILES string of the molecule is CC(C)[C@@H]1CC[C@@H](C)C[C@H]1OC(=O)C(OC/C=C/c1ccccc1)C1(O)CCCC1. The van der Waals surface area contributed by atoms with Crippen LogP contribution in [0, 0.1) is 17.8 Å². The van der Waals surface area contributed by atoms with Gasteiger partial charge in [0, 0.05) is 0 Å². The maximum absolute atomic E-state index is 13.2. The maximum Gasteiger partial charge on any atom is 0.338 e. The van der Waals surface area contributed by atoms with E-state index in [-0.39, 0.29) is 12.7 Å². The van der Waals surface area contributed by atoms with E-state index >= 15 is 0 Å². The highest BCUT2D eigenvalue weighted by Gasteiger charge is 2.46. The third-order valence-corrected chi connectivity index (χ3v) is 6.87. The normalized spacial score (nSPS) is 27.4. The fraction of sp³-hybridized carbons (Fsp3) is 0.654. The predicted octanol–water partition coefficient (Wildman–Crippen LogP) is 5.39. The molecule has 2 fully saturated rings. The van der Waals surface area contributed by atoms with Crippen LogP contribution in [0.2, 0.25) is 0 Å². The minimum absolute atomic E-state index is 0.0859. The Balaban J connectivity index is 1.66. The lowest BCUT2D eigenvalue weighted by Gasteiger charge is -2.38. The van der Waals surface area contributed by atoms with Gasteiger partial charge in [0.15, 0.2) is 6.10 Å². The number of aliphatic hydroxyl groups is 1. The molecule has 4 nitrogen and oxygen atoms in total. The van der Waals surface area contributed by atoms with Gasteiger partial charge in [-0.2, -0.15) is 0 Å². The van der Waals surface area contributed by atoms with Crippen molar-refractivity contribution in [1.29, 1.82) is 0 Å². The first-order chi connectivity index (χ1) is 14.4. The largest absolute Gasteiger partial charge is 0.460 e. The second-order valence-corrected chi connectivity index (χ2v) is 9.64. The Morgan fingerprint density at radius 3 is 2.57 bits per heavy atom. The summed E-state index contributed by atoms with van der Waals surface area (Å²) < 4.78 is 12.0. The first kappa shape index (κ1) is 23.0. The fourth-order valence-corrected chi connectivity index (χ4v) is 5.05. The molecule has 1 aromatic carbocycles. The van der Waals surface area contributed by atoms with Crippen LogP contribution in [0.1, 0.15) is 71.3 Å². The molecule has 0 heterocycles. The zero-order valence-corrected chi connectivity index (χ0v) is 18.8. The van der Waals surface area contributed by atoms with E-state index in [1.165, 1.54) is 6.42 Å². The van der Waals surface area contributed by atoms with E-state index in [1.807, 2.05) is 42.5 Å². The van der Waals surface area contributed by atoms with Crippen LogP contribution in [0.15, 0.2) is 36.4 Å². The van der Waals surface area contributed by atoms with Gasteiger partial charge in [-0.25, -0.2) is 4.79 Å². The molecule has 0 radical (unpaired) electrons. The van der Waals surface area contributed by atoms with Crippen molar-refractivity contribution in [2.75, 3.05) is 6.61 Å². The lowest BCUT2D eigenvalue weighted by molar-refractivity contribution is -0.186. The van der Waals surface area contributed by atoms with Crippen molar-refractivity contribution >= 4 is 12.0 Å². The zero-order chi connectivity index (χ0) is 21.6. The number of esters is 1. The van der Waals surface area contributed by atoms with E-state index in [4.69, 9.17) is 9.47 Å². The minimum atomic E-state index is -1.12. The summed E-state index contributed by atoms with van der Waals surface area (Å²) in [5.41, 5.74) is -0.0403. The standard InChI is InChI=1S/C26H38O4/c1-19(2)22-14-13-20(3)18-23(22)30-25(27)24(26(28)15-7-8-16-26)29-17-9-12-21-10-5-4-6-11-21/h4-6,9-12,19-20,22-24,28H,7-8,13-18H2,1-3H3/b12-9+/t20-,22+,23-,24?/m1/s1. The molecule has 0 saturated heterocycles. The van der Waals surface area contributed by atoms with Gasteiger partial charge in [-0.05, 0) is 49.0 Å². The Labute approximate surface area is 181 Å². The molecule has 4 heteroatoms. The first-order valence-electron chi connectivity index (χ1n) is 11.6. The Morgan fingerprint density at radius 2 is 1.90 bits per heavy atom. The van der Waals surface area contributed by atoms with Crippen LogP contribution in [0.5, 0.6) is 0 Å². The van der Waals surface area contributed by atoms with E-state index in [9.17, 15) is 9.90 Å². The fourth-order valence-electron chi connectivity index (χ4n) is 5.05. The zero-order valence-electron chi connectivity index (χ0n) is 18.8. The van der Waals surface area contributed by atoms with Crippen molar-refractivity contribution in [2.45, 2.75) is 83.5 Å². The molecule has 0 bridgehead atoms. The molecule has 0 amide bonds. The highest BCUT2D eigenvalue weighted by atomic mass is 16.6. The maximum atomic E-state index is 13.2. The summed E-state index contributed by atoms with van der Waals surface area (Å²) in [6.45, 7) is 6.90. The molecule has 4 atom stereocenters. The summed E-state index contributed by atoms with van der Waals surface area (Å²) in [6, 6.07) is 9.98. The Kier molecular flexibility index (Phi) is 8.13. The molecule has 1 unspecified atom stereocenters. The number of benzene rings is 1. The summed E-state index contributed by atoms with van der Waals surface area (Å²) in [6.07, 6.45) is 9.03. The average molecular weight is 415 g/mol. The van der Waals surface area contributed by atoms with E-state index in [1.54, 1.807) is 0 Å². The number of carbonyl (C=O) groups excluding carboxylic acids is 1. The third-order valence-electron chi connectivity index (χ3n) is 6.87. The summed E-state index contributed by atoms with van der Waals surface area (Å²) in [4.78, 5) is 13.2.